The molecule has 0 aromatic carbocycles. The highest BCUT2D eigenvalue weighted by molar-refractivity contribution is 7.11. The van der Waals surface area contributed by atoms with Crippen LogP contribution in [-0.2, 0) is 6.54 Å². The Hall–Kier alpha value is -0.450. The first kappa shape index (κ1) is 13.6. The molecule has 1 rings (SSSR count). The van der Waals surface area contributed by atoms with Gasteiger partial charge in [-0.05, 0) is 47.8 Å². The van der Waals surface area contributed by atoms with Crippen molar-refractivity contribution in [2.24, 2.45) is 0 Å². The Morgan fingerprint density at radius 2 is 2.06 bits per heavy atom. The smallest absolute Gasteiger partial charge is 0.107 e. The number of hydrogen-bond donors (Lipinski definition) is 1. The minimum Gasteiger partial charge on any atom is -0.309 e. The number of rotatable bonds is 6. The van der Waals surface area contributed by atoms with Crippen LogP contribution in [0.3, 0.4) is 0 Å². The highest BCUT2D eigenvalue weighted by atomic mass is 32.1. The van der Waals surface area contributed by atoms with E-state index in [1.54, 1.807) is 11.3 Å². The summed E-state index contributed by atoms with van der Waals surface area (Å²) in [5, 5.41) is 4.72. The minimum atomic E-state index is 0.548. The van der Waals surface area contributed by atoms with E-state index in [9.17, 15) is 0 Å². The summed E-state index contributed by atoms with van der Waals surface area (Å²) >= 11 is 1.80. The SMILES string of the molecule is Cc1nc(CNC(C)CCN(C)C)sc1C. The molecule has 0 saturated carbocycles. The second-order valence-corrected chi connectivity index (χ2v) is 5.91. The first-order chi connectivity index (χ1) is 7.49. The maximum absolute atomic E-state index is 4.52. The van der Waals surface area contributed by atoms with Crippen molar-refractivity contribution < 1.29 is 0 Å². The number of aromatic nitrogens is 1. The third kappa shape index (κ3) is 4.60. The molecule has 0 amide bonds. The standard InChI is InChI=1S/C12H23N3S/c1-9(6-7-15(4)5)13-8-12-14-10(2)11(3)16-12/h9,13H,6-8H2,1-5H3. The molecule has 16 heavy (non-hydrogen) atoms. The normalized spacial score (nSPS) is 13.4. The van der Waals surface area contributed by atoms with Gasteiger partial charge in [-0.15, -0.1) is 11.3 Å². The Morgan fingerprint density at radius 3 is 2.56 bits per heavy atom. The third-order valence-electron chi connectivity index (χ3n) is 2.68. The summed E-state index contributed by atoms with van der Waals surface area (Å²) in [5.74, 6) is 0. The molecule has 1 aromatic rings. The van der Waals surface area contributed by atoms with Gasteiger partial charge in [-0.3, -0.25) is 0 Å². The van der Waals surface area contributed by atoms with Crippen molar-refractivity contribution in [3.8, 4) is 0 Å². The summed E-state index contributed by atoms with van der Waals surface area (Å²) in [7, 11) is 4.22. The number of nitrogens with zero attached hydrogens (tertiary/aromatic N) is 2. The van der Waals surface area contributed by atoms with Gasteiger partial charge in [0.05, 0.1) is 5.69 Å². The molecule has 1 unspecified atom stereocenters. The van der Waals surface area contributed by atoms with E-state index in [0.29, 0.717) is 6.04 Å². The molecule has 0 aliphatic heterocycles. The van der Waals surface area contributed by atoms with E-state index in [-0.39, 0.29) is 0 Å². The summed E-state index contributed by atoms with van der Waals surface area (Å²) < 4.78 is 0. The molecule has 0 aliphatic rings. The summed E-state index contributed by atoms with van der Waals surface area (Å²) in [4.78, 5) is 8.07. The molecule has 0 spiro atoms. The zero-order valence-electron chi connectivity index (χ0n) is 11.0. The van der Waals surface area contributed by atoms with E-state index < -0.39 is 0 Å². The van der Waals surface area contributed by atoms with Crippen LogP contribution < -0.4 is 5.32 Å². The summed E-state index contributed by atoms with van der Waals surface area (Å²) in [6.45, 7) is 8.46. The number of nitrogens with one attached hydrogen (secondary N) is 1. The quantitative estimate of drug-likeness (QED) is 0.827. The highest BCUT2D eigenvalue weighted by Crippen LogP contribution is 2.16. The van der Waals surface area contributed by atoms with Gasteiger partial charge in [0, 0.05) is 17.5 Å². The van der Waals surface area contributed by atoms with Crippen molar-refractivity contribution in [2.75, 3.05) is 20.6 Å². The fraction of sp³-hybridized carbons (Fsp3) is 0.750. The van der Waals surface area contributed by atoms with Gasteiger partial charge in [0.15, 0.2) is 0 Å². The van der Waals surface area contributed by atoms with Gasteiger partial charge in [0.1, 0.15) is 5.01 Å². The molecule has 92 valence electrons. The maximum Gasteiger partial charge on any atom is 0.107 e. The molecule has 1 atom stereocenters. The molecule has 0 fully saturated rings. The zero-order chi connectivity index (χ0) is 12.1. The Bertz CT molecular complexity index is 301. The molecule has 0 aliphatic carbocycles. The average Bonchev–Trinajstić information content (AvgIpc) is 2.52. The van der Waals surface area contributed by atoms with Crippen molar-refractivity contribution in [3.63, 3.8) is 0 Å². The van der Waals surface area contributed by atoms with Gasteiger partial charge in [0.25, 0.3) is 0 Å². The van der Waals surface area contributed by atoms with Gasteiger partial charge >= 0.3 is 0 Å². The Labute approximate surface area is 103 Å². The van der Waals surface area contributed by atoms with E-state index in [1.807, 2.05) is 0 Å². The first-order valence-electron chi connectivity index (χ1n) is 5.80. The predicted molar refractivity (Wildman–Crippen MR) is 71.1 cm³/mol. The molecule has 1 aromatic heterocycles. The van der Waals surface area contributed by atoms with Crippen LogP contribution in [0.4, 0.5) is 0 Å². The molecular weight excluding hydrogens is 218 g/mol. The van der Waals surface area contributed by atoms with Gasteiger partial charge in [-0.2, -0.15) is 0 Å². The van der Waals surface area contributed by atoms with E-state index in [4.69, 9.17) is 0 Å². The van der Waals surface area contributed by atoms with Crippen LogP contribution in [0, 0.1) is 13.8 Å². The van der Waals surface area contributed by atoms with Gasteiger partial charge < -0.3 is 10.2 Å². The molecule has 0 radical (unpaired) electrons. The fourth-order valence-electron chi connectivity index (χ4n) is 1.43. The molecule has 1 heterocycles. The number of hydrogen-bond acceptors (Lipinski definition) is 4. The van der Waals surface area contributed by atoms with Gasteiger partial charge in [-0.25, -0.2) is 4.98 Å². The van der Waals surface area contributed by atoms with Crippen LogP contribution in [-0.4, -0.2) is 36.6 Å². The molecule has 3 nitrogen and oxygen atoms in total. The van der Waals surface area contributed by atoms with E-state index in [0.717, 1.165) is 13.1 Å². The monoisotopic (exact) mass is 241 g/mol. The molecule has 1 N–H and O–H groups in total. The van der Waals surface area contributed by atoms with Crippen LogP contribution in [0.2, 0.25) is 0 Å². The summed E-state index contributed by atoms with van der Waals surface area (Å²) in [6.07, 6.45) is 1.18. The van der Waals surface area contributed by atoms with Crippen molar-refractivity contribution in [2.45, 2.75) is 39.8 Å². The number of aryl methyl sites for hydroxylation is 2. The zero-order valence-corrected chi connectivity index (χ0v) is 11.8. The lowest BCUT2D eigenvalue weighted by atomic mass is 10.2. The Kier molecular flexibility index (Phi) is 5.38. The topological polar surface area (TPSA) is 28.2 Å². The van der Waals surface area contributed by atoms with Crippen molar-refractivity contribution in [3.05, 3.63) is 15.6 Å². The second-order valence-electron chi connectivity index (χ2n) is 4.62. The van der Waals surface area contributed by atoms with Crippen LogP contribution in [0.1, 0.15) is 28.9 Å². The Balaban J connectivity index is 2.28. The van der Waals surface area contributed by atoms with Crippen molar-refractivity contribution >= 4 is 11.3 Å². The third-order valence-corrected chi connectivity index (χ3v) is 3.76. The summed E-state index contributed by atoms with van der Waals surface area (Å²) in [5.41, 5.74) is 1.17. The molecule has 4 heteroatoms. The van der Waals surface area contributed by atoms with E-state index in [1.165, 1.54) is 22.0 Å². The van der Waals surface area contributed by atoms with Gasteiger partial charge in [0.2, 0.25) is 0 Å². The molecule has 0 bridgehead atoms. The Morgan fingerprint density at radius 1 is 1.38 bits per heavy atom. The largest absolute Gasteiger partial charge is 0.309 e. The lowest BCUT2D eigenvalue weighted by molar-refractivity contribution is 0.365. The average molecular weight is 241 g/mol. The van der Waals surface area contributed by atoms with E-state index in [2.05, 4.69) is 50.1 Å². The van der Waals surface area contributed by atoms with Crippen LogP contribution in [0.25, 0.3) is 0 Å². The lowest BCUT2D eigenvalue weighted by Crippen LogP contribution is -2.29. The second kappa shape index (κ2) is 6.33. The van der Waals surface area contributed by atoms with E-state index >= 15 is 0 Å². The highest BCUT2D eigenvalue weighted by Gasteiger charge is 2.06. The van der Waals surface area contributed by atoms with Crippen molar-refractivity contribution in [1.29, 1.82) is 0 Å². The van der Waals surface area contributed by atoms with Crippen LogP contribution in [0.5, 0.6) is 0 Å². The molecular formula is C12H23N3S. The van der Waals surface area contributed by atoms with Crippen molar-refractivity contribution in [1.82, 2.24) is 15.2 Å². The van der Waals surface area contributed by atoms with Gasteiger partial charge in [-0.1, -0.05) is 0 Å². The minimum absolute atomic E-state index is 0.548. The lowest BCUT2D eigenvalue weighted by Gasteiger charge is -2.15. The van der Waals surface area contributed by atoms with Crippen LogP contribution >= 0.6 is 11.3 Å². The van der Waals surface area contributed by atoms with Crippen LogP contribution in [0.15, 0.2) is 0 Å². The maximum atomic E-state index is 4.52. The first-order valence-corrected chi connectivity index (χ1v) is 6.61. The fourth-order valence-corrected chi connectivity index (χ4v) is 2.32. The molecule has 0 saturated heterocycles. The predicted octanol–water partition coefficient (Wildman–Crippen LogP) is 2.19. The summed E-state index contributed by atoms with van der Waals surface area (Å²) in [6, 6.07) is 0.548. The number of thiazole rings is 1.